The molecule has 2 amide bonds. The Morgan fingerprint density at radius 2 is 1.83 bits per heavy atom. The van der Waals surface area contributed by atoms with E-state index in [0.717, 1.165) is 45.6 Å². The van der Waals surface area contributed by atoms with Crippen LogP contribution in [0.2, 0.25) is 0 Å². The lowest BCUT2D eigenvalue weighted by molar-refractivity contribution is -0.122. The summed E-state index contributed by atoms with van der Waals surface area (Å²) in [4.78, 5) is 28.7. The molecule has 1 aliphatic heterocycles. The summed E-state index contributed by atoms with van der Waals surface area (Å²) in [6.45, 7) is 6.51. The molecule has 8 nitrogen and oxygen atoms in total. The average Bonchev–Trinajstić information content (AvgIpc) is 3.32. The number of carbonyl (C=O) groups excluding carboxylic acids is 2. The summed E-state index contributed by atoms with van der Waals surface area (Å²) < 4.78 is 13.3. The molecule has 0 fully saturated rings. The smallest absolute Gasteiger partial charge is 0.240 e. The van der Waals surface area contributed by atoms with Gasteiger partial charge in [-0.25, -0.2) is 4.68 Å². The number of carbonyl (C=O) groups is 2. The van der Waals surface area contributed by atoms with Crippen LogP contribution >= 0.6 is 11.8 Å². The van der Waals surface area contributed by atoms with E-state index < -0.39 is 0 Å². The van der Waals surface area contributed by atoms with E-state index in [-0.39, 0.29) is 29.4 Å². The van der Waals surface area contributed by atoms with Gasteiger partial charge < -0.3 is 14.8 Å². The Labute approximate surface area is 251 Å². The normalized spacial score (nSPS) is 14.7. The van der Waals surface area contributed by atoms with Crippen molar-refractivity contribution < 1.29 is 19.1 Å². The fraction of sp³-hybridized carbons (Fsp3) is 0.303. The first-order valence-electron chi connectivity index (χ1n) is 14.0. The van der Waals surface area contributed by atoms with E-state index in [9.17, 15) is 9.59 Å². The molecular formula is C33H36N4O4S. The van der Waals surface area contributed by atoms with Gasteiger partial charge in [0, 0.05) is 23.2 Å². The van der Waals surface area contributed by atoms with Gasteiger partial charge in [0.2, 0.25) is 11.8 Å². The molecular weight excluding hydrogens is 548 g/mol. The van der Waals surface area contributed by atoms with Crippen LogP contribution in [0.4, 0.5) is 5.82 Å². The molecule has 3 aromatic carbocycles. The Morgan fingerprint density at radius 1 is 1.05 bits per heavy atom. The highest BCUT2D eigenvalue weighted by atomic mass is 32.2. The Kier molecular flexibility index (Phi) is 8.87. The molecule has 5 rings (SSSR count). The Hall–Kier alpha value is -4.24. The highest BCUT2D eigenvalue weighted by Crippen LogP contribution is 2.51. The van der Waals surface area contributed by atoms with Gasteiger partial charge >= 0.3 is 0 Å². The van der Waals surface area contributed by atoms with Gasteiger partial charge in [-0.15, -0.1) is 11.8 Å². The zero-order valence-corrected chi connectivity index (χ0v) is 25.5. The standard InChI is InChI=1S/C33H36N4O4S/c1-6-16-34-28(38)19-36-29(39)20-42-32(25-18-24(40-4)13-15-27(25)41-5)30-31(23-10-8-7-9-11-23)35-37(33(30)36)26-14-12-21(2)17-22(26)3/h7-15,17-18,32H,6,16,19-20H2,1-5H3,(H,34,38). The number of thioether (sulfide) groups is 1. The molecule has 4 aromatic rings. The first-order valence-corrected chi connectivity index (χ1v) is 15.1. The highest BCUT2D eigenvalue weighted by molar-refractivity contribution is 8.00. The first-order chi connectivity index (χ1) is 20.4. The molecule has 1 unspecified atom stereocenters. The summed E-state index contributed by atoms with van der Waals surface area (Å²) >= 11 is 1.50. The topological polar surface area (TPSA) is 85.7 Å². The summed E-state index contributed by atoms with van der Waals surface area (Å²) in [6.07, 6.45) is 0.803. The van der Waals surface area contributed by atoms with Crippen molar-refractivity contribution in [2.24, 2.45) is 0 Å². The summed E-state index contributed by atoms with van der Waals surface area (Å²) in [5.41, 5.74) is 6.33. The lowest BCUT2D eigenvalue weighted by Crippen LogP contribution is -2.42. The van der Waals surface area contributed by atoms with Crippen LogP contribution in [0.5, 0.6) is 11.5 Å². The van der Waals surface area contributed by atoms with Crippen molar-refractivity contribution in [2.75, 3.05) is 38.0 Å². The van der Waals surface area contributed by atoms with Gasteiger partial charge in [-0.3, -0.25) is 14.5 Å². The average molecular weight is 585 g/mol. The summed E-state index contributed by atoms with van der Waals surface area (Å²) in [6, 6.07) is 21.8. The lowest BCUT2D eigenvalue weighted by atomic mass is 9.98. The molecule has 9 heteroatoms. The molecule has 0 radical (unpaired) electrons. The molecule has 0 saturated carbocycles. The van der Waals surface area contributed by atoms with Crippen molar-refractivity contribution in [1.82, 2.24) is 15.1 Å². The van der Waals surface area contributed by atoms with Crippen molar-refractivity contribution in [1.29, 1.82) is 0 Å². The second-order valence-corrected chi connectivity index (χ2v) is 11.4. The zero-order valence-electron chi connectivity index (χ0n) is 24.6. The molecule has 42 heavy (non-hydrogen) atoms. The van der Waals surface area contributed by atoms with E-state index in [1.165, 1.54) is 11.8 Å². The molecule has 1 aliphatic rings. The number of rotatable bonds is 9. The van der Waals surface area contributed by atoms with Crippen LogP contribution in [0.25, 0.3) is 16.9 Å². The molecule has 0 saturated heterocycles. The van der Waals surface area contributed by atoms with Crippen molar-refractivity contribution in [3.05, 3.63) is 89.0 Å². The number of nitrogens with zero attached hydrogens (tertiary/aromatic N) is 3. The highest BCUT2D eigenvalue weighted by Gasteiger charge is 2.39. The quantitative estimate of drug-likeness (QED) is 0.265. The van der Waals surface area contributed by atoms with E-state index in [4.69, 9.17) is 14.6 Å². The maximum Gasteiger partial charge on any atom is 0.240 e. The van der Waals surface area contributed by atoms with Crippen LogP contribution in [-0.4, -0.2) is 54.7 Å². The number of hydrogen-bond acceptors (Lipinski definition) is 6. The number of methoxy groups -OCH3 is 2. The Balaban J connectivity index is 1.84. The zero-order chi connectivity index (χ0) is 29.8. The van der Waals surface area contributed by atoms with Crippen molar-refractivity contribution in [3.63, 3.8) is 0 Å². The van der Waals surface area contributed by atoms with E-state index in [0.29, 0.717) is 23.9 Å². The van der Waals surface area contributed by atoms with Gasteiger partial charge in [0.05, 0.1) is 36.6 Å². The Morgan fingerprint density at radius 3 is 2.52 bits per heavy atom. The van der Waals surface area contributed by atoms with Crippen LogP contribution in [-0.2, 0) is 9.59 Å². The van der Waals surface area contributed by atoms with Crippen molar-refractivity contribution in [2.45, 2.75) is 32.4 Å². The largest absolute Gasteiger partial charge is 0.497 e. The fourth-order valence-electron chi connectivity index (χ4n) is 5.29. The van der Waals surface area contributed by atoms with Crippen LogP contribution < -0.4 is 19.7 Å². The van der Waals surface area contributed by atoms with E-state index in [1.807, 2.05) is 86.1 Å². The molecule has 0 bridgehead atoms. The number of hydrogen-bond donors (Lipinski definition) is 1. The van der Waals surface area contributed by atoms with Crippen LogP contribution in [0, 0.1) is 13.8 Å². The molecule has 0 aliphatic carbocycles. The van der Waals surface area contributed by atoms with E-state index >= 15 is 0 Å². The minimum atomic E-state index is -0.340. The van der Waals surface area contributed by atoms with Gasteiger partial charge in [-0.05, 0) is 50.1 Å². The molecule has 218 valence electrons. The molecule has 2 heterocycles. The second kappa shape index (κ2) is 12.7. The molecule has 1 N–H and O–H groups in total. The van der Waals surface area contributed by atoms with Crippen molar-refractivity contribution in [3.8, 4) is 28.4 Å². The SMILES string of the molecule is CCCNC(=O)CN1C(=O)CSC(c2cc(OC)ccc2OC)c2c(-c3ccccc3)nn(-c3ccc(C)cc3C)c21. The number of amides is 2. The first kappa shape index (κ1) is 29.3. The summed E-state index contributed by atoms with van der Waals surface area (Å²) in [5, 5.41) is 7.80. The second-order valence-electron chi connectivity index (χ2n) is 10.3. The minimum absolute atomic E-state index is 0.112. The number of nitrogens with one attached hydrogen (secondary N) is 1. The third-order valence-electron chi connectivity index (χ3n) is 7.31. The maximum atomic E-state index is 13.9. The third-order valence-corrected chi connectivity index (χ3v) is 8.55. The minimum Gasteiger partial charge on any atom is -0.497 e. The number of ether oxygens (including phenoxy) is 2. The van der Waals surface area contributed by atoms with Crippen LogP contribution in [0.1, 0.15) is 40.8 Å². The fourth-order valence-corrected chi connectivity index (χ4v) is 6.51. The predicted molar refractivity (Wildman–Crippen MR) is 168 cm³/mol. The molecule has 1 aromatic heterocycles. The molecule has 0 spiro atoms. The van der Waals surface area contributed by atoms with Crippen LogP contribution in [0.3, 0.4) is 0 Å². The van der Waals surface area contributed by atoms with Crippen molar-refractivity contribution >= 4 is 29.4 Å². The monoisotopic (exact) mass is 584 g/mol. The lowest BCUT2D eigenvalue weighted by Gasteiger charge is -2.24. The number of benzene rings is 3. The van der Waals surface area contributed by atoms with E-state index in [1.54, 1.807) is 19.1 Å². The van der Waals surface area contributed by atoms with Gasteiger partial charge in [0.1, 0.15) is 23.9 Å². The predicted octanol–water partition coefficient (Wildman–Crippen LogP) is 5.87. The van der Waals surface area contributed by atoms with E-state index in [2.05, 4.69) is 11.4 Å². The Bertz CT molecular complexity index is 1600. The number of aromatic nitrogens is 2. The van der Waals surface area contributed by atoms with Gasteiger partial charge in [-0.1, -0.05) is 55.0 Å². The number of fused-ring (bicyclic) bond motifs is 1. The van der Waals surface area contributed by atoms with Gasteiger partial charge in [0.15, 0.2) is 0 Å². The van der Waals surface area contributed by atoms with Gasteiger partial charge in [0.25, 0.3) is 0 Å². The van der Waals surface area contributed by atoms with Gasteiger partial charge in [-0.2, -0.15) is 5.10 Å². The molecule has 1 atom stereocenters. The number of anilines is 1. The maximum absolute atomic E-state index is 13.9. The number of aryl methyl sites for hydroxylation is 2. The third kappa shape index (κ3) is 5.74. The van der Waals surface area contributed by atoms with Crippen LogP contribution in [0.15, 0.2) is 66.7 Å². The summed E-state index contributed by atoms with van der Waals surface area (Å²) in [5.74, 6) is 1.73. The summed E-state index contributed by atoms with van der Waals surface area (Å²) in [7, 11) is 3.27.